The van der Waals surface area contributed by atoms with E-state index in [1.807, 2.05) is 13.0 Å². The molecule has 0 aromatic carbocycles. The van der Waals surface area contributed by atoms with Crippen LogP contribution in [0.1, 0.15) is 18.4 Å². The summed E-state index contributed by atoms with van der Waals surface area (Å²) in [6.45, 7) is 1.64. The maximum Gasteiger partial charge on any atom is 0.245 e. The van der Waals surface area contributed by atoms with Crippen molar-refractivity contribution in [2.45, 2.75) is 19.8 Å². The predicted molar refractivity (Wildman–Crippen MR) is 63.6 cm³/mol. The van der Waals surface area contributed by atoms with Crippen LogP contribution in [0.5, 0.6) is 0 Å². The second kappa shape index (κ2) is 4.95. The van der Waals surface area contributed by atoms with Crippen molar-refractivity contribution in [3.05, 3.63) is 23.9 Å². The molecular weight excluding hydrogens is 234 g/mol. The maximum atomic E-state index is 11.7. The number of carbonyl (C=O) groups is 3. The molecule has 18 heavy (non-hydrogen) atoms. The fourth-order valence-corrected chi connectivity index (χ4v) is 1.73. The lowest BCUT2D eigenvalue weighted by molar-refractivity contribution is -0.141. The number of hydrogen-bond acceptors (Lipinski definition) is 4. The summed E-state index contributed by atoms with van der Waals surface area (Å²) in [7, 11) is 0. The number of aryl methyl sites for hydroxylation is 1. The monoisotopic (exact) mass is 247 g/mol. The van der Waals surface area contributed by atoms with Crippen LogP contribution in [-0.2, 0) is 14.4 Å². The number of carbonyl (C=O) groups excluding carboxylic acids is 3. The largest absolute Gasteiger partial charge is 0.309 e. The van der Waals surface area contributed by atoms with Crippen molar-refractivity contribution in [2.75, 3.05) is 11.9 Å². The lowest BCUT2D eigenvalue weighted by atomic mass is 10.3. The third-order valence-electron chi connectivity index (χ3n) is 2.64. The Hall–Kier alpha value is -2.24. The van der Waals surface area contributed by atoms with Gasteiger partial charge in [-0.1, -0.05) is 0 Å². The van der Waals surface area contributed by atoms with E-state index >= 15 is 0 Å². The van der Waals surface area contributed by atoms with Gasteiger partial charge < -0.3 is 5.32 Å². The van der Waals surface area contributed by atoms with E-state index in [1.54, 1.807) is 12.3 Å². The van der Waals surface area contributed by atoms with Crippen molar-refractivity contribution < 1.29 is 14.4 Å². The van der Waals surface area contributed by atoms with Gasteiger partial charge in [0.2, 0.25) is 17.7 Å². The molecule has 1 aliphatic heterocycles. The summed E-state index contributed by atoms with van der Waals surface area (Å²) in [6.07, 6.45) is 1.96. The van der Waals surface area contributed by atoms with Crippen LogP contribution in [0.2, 0.25) is 0 Å². The molecule has 94 valence electrons. The zero-order valence-corrected chi connectivity index (χ0v) is 9.97. The molecule has 1 N–H and O–H groups in total. The zero-order valence-electron chi connectivity index (χ0n) is 9.97. The molecular formula is C12H13N3O3. The average Bonchev–Trinajstić information content (AvgIpc) is 2.61. The van der Waals surface area contributed by atoms with Crippen molar-refractivity contribution >= 4 is 23.5 Å². The Kier molecular flexibility index (Phi) is 3.36. The standard InChI is InChI=1S/C12H13N3O3/c1-8-4-5-13-9(6-8)14-10(16)7-15-11(17)2-3-12(15)18/h4-6H,2-3,7H2,1H3,(H,13,14,16). The molecule has 1 saturated heterocycles. The second-order valence-electron chi connectivity index (χ2n) is 4.14. The van der Waals surface area contributed by atoms with Crippen molar-refractivity contribution in [1.29, 1.82) is 0 Å². The molecule has 0 unspecified atom stereocenters. The van der Waals surface area contributed by atoms with Gasteiger partial charge in [0, 0.05) is 19.0 Å². The third-order valence-corrected chi connectivity index (χ3v) is 2.64. The smallest absolute Gasteiger partial charge is 0.245 e. The van der Waals surface area contributed by atoms with Gasteiger partial charge in [-0.05, 0) is 24.6 Å². The fraction of sp³-hybridized carbons (Fsp3) is 0.333. The van der Waals surface area contributed by atoms with E-state index in [9.17, 15) is 14.4 Å². The van der Waals surface area contributed by atoms with E-state index in [2.05, 4.69) is 10.3 Å². The molecule has 0 radical (unpaired) electrons. The minimum atomic E-state index is -0.420. The summed E-state index contributed by atoms with van der Waals surface area (Å²) in [6, 6.07) is 3.52. The Bertz CT molecular complexity index is 497. The number of likely N-dealkylation sites (tertiary alicyclic amines) is 1. The van der Waals surface area contributed by atoms with Gasteiger partial charge in [-0.2, -0.15) is 0 Å². The molecule has 6 nitrogen and oxygen atoms in total. The number of imide groups is 1. The summed E-state index contributed by atoms with van der Waals surface area (Å²) in [4.78, 5) is 39.3. The summed E-state index contributed by atoms with van der Waals surface area (Å²) >= 11 is 0. The van der Waals surface area contributed by atoms with Gasteiger partial charge in [-0.15, -0.1) is 0 Å². The van der Waals surface area contributed by atoms with E-state index in [1.165, 1.54) is 0 Å². The van der Waals surface area contributed by atoms with Crippen molar-refractivity contribution in [1.82, 2.24) is 9.88 Å². The quantitative estimate of drug-likeness (QED) is 0.788. The highest BCUT2D eigenvalue weighted by atomic mass is 16.2. The fourth-order valence-electron chi connectivity index (χ4n) is 1.73. The van der Waals surface area contributed by atoms with Gasteiger partial charge in [0.25, 0.3) is 0 Å². The van der Waals surface area contributed by atoms with Crippen molar-refractivity contribution in [3.8, 4) is 0 Å². The average molecular weight is 247 g/mol. The summed E-state index contributed by atoms with van der Waals surface area (Å²) in [5.41, 5.74) is 0.966. The topological polar surface area (TPSA) is 79.4 Å². The molecule has 0 saturated carbocycles. The second-order valence-corrected chi connectivity index (χ2v) is 4.14. The van der Waals surface area contributed by atoms with Crippen LogP contribution in [-0.4, -0.2) is 34.2 Å². The Morgan fingerprint density at radius 3 is 2.67 bits per heavy atom. The number of pyridine rings is 1. The molecule has 1 aliphatic rings. The molecule has 1 aromatic heterocycles. The van der Waals surface area contributed by atoms with Crippen molar-refractivity contribution in [3.63, 3.8) is 0 Å². The van der Waals surface area contributed by atoms with Gasteiger partial charge in [-0.3, -0.25) is 19.3 Å². The number of amides is 3. The van der Waals surface area contributed by atoms with Crippen LogP contribution in [0.15, 0.2) is 18.3 Å². The van der Waals surface area contributed by atoms with E-state index in [0.29, 0.717) is 5.82 Å². The highest BCUT2D eigenvalue weighted by Crippen LogP contribution is 2.11. The minimum absolute atomic E-state index is 0.189. The molecule has 0 spiro atoms. The van der Waals surface area contributed by atoms with Gasteiger partial charge in [-0.25, -0.2) is 4.98 Å². The van der Waals surface area contributed by atoms with Crippen LogP contribution in [0.3, 0.4) is 0 Å². The van der Waals surface area contributed by atoms with E-state index < -0.39 is 5.91 Å². The Balaban J connectivity index is 1.97. The zero-order chi connectivity index (χ0) is 13.1. The third kappa shape index (κ3) is 2.71. The summed E-state index contributed by atoms with van der Waals surface area (Å²) in [5, 5.41) is 2.55. The number of nitrogens with zero attached hydrogens (tertiary/aromatic N) is 2. The van der Waals surface area contributed by atoms with Gasteiger partial charge in [0.15, 0.2) is 0 Å². The molecule has 2 rings (SSSR count). The molecule has 0 atom stereocenters. The molecule has 1 fully saturated rings. The van der Waals surface area contributed by atoms with Crippen LogP contribution in [0.25, 0.3) is 0 Å². The lowest BCUT2D eigenvalue weighted by Crippen LogP contribution is -2.37. The first kappa shape index (κ1) is 12.2. The number of rotatable bonds is 3. The normalized spacial score (nSPS) is 15.1. The van der Waals surface area contributed by atoms with Crippen LogP contribution < -0.4 is 5.32 Å². The highest BCUT2D eigenvalue weighted by molar-refractivity contribution is 6.06. The number of anilines is 1. The van der Waals surface area contributed by atoms with Crippen LogP contribution in [0, 0.1) is 6.92 Å². The molecule has 3 amide bonds. The molecule has 0 aliphatic carbocycles. The summed E-state index contributed by atoms with van der Waals surface area (Å²) < 4.78 is 0. The first-order valence-corrected chi connectivity index (χ1v) is 5.62. The van der Waals surface area contributed by atoms with Gasteiger partial charge in [0.1, 0.15) is 12.4 Å². The van der Waals surface area contributed by atoms with Crippen LogP contribution >= 0.6 is 0 Å². The Labute approximate surface area is 104 Å². The molecule has 2 heterocycles. The minimum Gasteiger partial charge on any atom is -0.309 e. The predicted octanol–water partition coefficient (Wildman–Crippen LogP) is 0.478. The first-order valence-electron chi connectivity index (χ1n) is 5.62. The molecule has 1 aromatic rings. The number of nitrogens with one attached hydrogen (secondary N) is 1. The highest BCUT2D eigenvalue weighted by Gasteiger charge is 2.30. The first-order chi connectivity index (χ1) is 8.56. The van der Waals surface area contributed by atoms with Gasteiger partial charge in [0.05, 0.1) is 0 Å². The molecule has 0 bridgehead atoms. The van der Waals surface area contributed by atoms with E-state index in [-0.39, 0.29) is 31.2 Å². The van der Waals surface area contributed by atoms with Gasteiger partial charge >= 0.3 is 0 Å². The van der Waals surface area contributed by atoms with E-state index in [0.717, 1.165) is 10.5 Å². The number of aromatic nitrogens is 1. The Morgan fingerprint density at radius 1 is 1.39 bits per heavy atom. The Morgan fingerprint density at radius 2 is 2.06 bits per heavy atom. The number of hydrogen-bond donors (Lipinski definition) is 1. The molecule has 6 heteroatoms. The lowest BCUT2D eigenvalue weighted by Gasteiger charge is -2.13. The SMILES string of the molecule is Cc1ccnc(NC(=O)CN2C(=O)CCC2=O)c1. The summed E-state index contributed by atoms with van der Waals surface area (Å²) in [5.74, 6) is -0.601. The van der Waals surface area contributed by atoms with E-state index in [4.69, 9.17) is 0 Å². The maximum absolute atomic E-state index is 11.7. The van der Waals surface area contributed by atoms with Crippen molar-refractivity contribution in [2.24, 2.45) is 0 Å². The van der Waals surface area contributed by atoms with Crippen LogP contribution in [0.4, 0.5) is 5.82 Å².